The second-order valence-electron chi connectivity index (χ2n) is 6.58. The van der Waals surface area contributed by atoms with E-state index in [4.69, 9.17) is 10.00 Å². The first-order valence-electron chi connectivity index (χ1n) is 8.99. The minimum atomic E-state index is -0.350. The van der Waals surface area contributed by atoms with Crippen molar-refractivity contribution in [2.24, 2.45) is 5.92 Å². The van der Waals surface area contributed by atoms with Crippen molar-refractivity contribution in [2.75, 3.05) is 11.9 Å². The largest absolute Gasteiger partial charge is 0.462 e. The first kappa shape index (κ1) is 17.3. The van der Waals surface area contributed by atoms with Gasteiger partial charge < -0.3 is 15.0 Å². The summed E-state index contributed by atoms with van der Waals surface area (Å²) in [5.41, 5.74) is 2.04. The van der Waals surface area contributed by atoms with Crippen molar-refractivity contribution in [3.63, 3.8) is 0 Å². The number of anilines is 1. The Kier molecular flexibility index (Phi) is 5.54. The van der Waals surface area contributed by atoms with Gasteiger partial charge in [0.05, 0.1) is 18.4 Å². The Morgan fingerprint density at radius 1 is 1.52 bits per heavy atom. The highest BCUT2D eigenvalue weighted by Gasteiger charge is 2.25. The molecule has 0 spiro atoms. The Morgan fingerprint density at radius 3 is 3.20 bits per heavy atom. The second kappa shape index (κ2) is 8.02. The Morgan fingerprint density at radius 2 is 2.40 bits per heavy atom. The summed E-state index contributed by atoms with van der Waals surface area (Å²) in [4.78, 5) is 19.7. The number of rotatable bonds is 6. The van der Waals surface area contributed by atoms with Crippen molar-refractivity contribution < 1.29 is 9.53 Å². The Balaban J connectivity index is 1.84. The molecule has 2 heterocycles. The summed E-state index contributed by atoms with van der Waals surface area (Å²) in [5, 5.41) is 13.3. The van der Waals surface area contributed by atoms with Crippen LogP contribution in [-0.4, -0.2) is 28.6 Å². The van der Waals surface area contributed by atoms with Gasteiger partial charge in [-0.15, -0.1) is 0 Å². The fourth-order valence-electron chi connectivity index (χ4n) is 3.68. The summed E-state index contributed by atoms with van der Waals surface area (Å²) in [7, 11) is 0. The summed E-state index contributed by atoms with van der Waals surface area (Å²) in [6.07, 6.45) is 9.39. The predicted octanol–water partition coefficient (Wildman–Crippen LogP) is 4.01. The number of nitrogens with zero attached hydrogens (tertiary/aromatic N) is 2. The van der Waals surface area contributed by atoms with Crippen LogP contribution in [0.4, 0.5) is 5.69 Å². The molecule has 6 heteroatoms. The van der Waals surface area contributed by atoms with Crippen molar-refractivity contribution in [1.29, 1.82) is 5.26 Å². The van der Waals surface area contributed by atoms with E-state index in [9.17, 15) is 4.79 Å². The second-order valence-corrected chi connectivity index (χ2v) is 6.58. The van der Waals surface area contributed by atoms with E-state index in [1.165, 1.54) is 6.42 Å². The molecule has 0 aromatic carbocycles. The number of ether oxygens (including phenoxy) is 1. The highest BCUT2D eigenvalue weighted by Crippen LogP contribution is 2.33. The van der Waals surface area contributed by atoms with Crippen LogP contribution in [-0.2, 0) is 4.74 Å². The third kappa shape index (κ3) is 3.93. The van der Waals surface area contributed by atoms with Gasteiger partial charge in [0, 0.05) is 30.2 Å². The lowest BCUT2D eigenvalue weighted by atomic mass is 9.83. The van der Waals surface area contributed by atoms with Gasteiger partial charge in [-0.25, -0.2) is 9.78 Å². The highest BCUT2D eigenvalue weighted by atomic mass is 16.5. The molecule has 0 aliphatic heterocycles. The number of pyridine rings is 1. The molecule has 1 aliphatic carbocycles. The molecule has 132 valence electrons. The molecule has 0 bridgehead atoms. The van der Waals surface area contributed by atoms with Gasteiger partial charge in [-0.05, 0) is 38.2 Å². The average Bonchev–Trinajstić information content (AvgIpc) is 3.10. The van der Waals surface area contributed by atoms with E-state index in [-0.39, 0.29) is 5.97 Å². The van der Waals surface area contributed by atoms with Gasteiger partial charge in [0.25, 0.3) is 0 Å². The third-order valence-electron chi connectivity index (χ3n) is 4.88. The van der Waals surface area contributed by atoms with Crippen molar-refractivity contribution in [3.05, 3.63) is 24.0 Å². The topological polar surface area (TPSA) is 90.8 Å². The van der Waals surface area contributed by atoms with E-state index >= 15 is 0 Å². The zero-order valence-corrected chi connectivity index (χ0v) is 14.5. The molecule has 0 amide bonds. The summed E-state index contributed by atoms with van der Waals surface area (Å²) < 4.78 is 5.19. The van der Waals surface area contributed by atoms with Crippen LogP contribution in [0.25, 0.3) is 11.0 Å². The number of aromatic nitrogens is 2. The van der Waals surface area contributed by atoms with Crippen LogP contribution < -0.4 is 5.32 Å². The highest BCUT2D eigenvalue weighted by molar-refractivity contribution is 6.04. The number of aromatic amines is 1. The number of carbonyl (C=O) groups is 1. The fourth-order valence-corrected chi connectivity index (χ4v) is 3.68. The zero-order valence-electron chi connectivity index (χ0n) is 14.5. The Bertz CT molecular complexity index is 777. The molecular formula is C19H24N4O2. The molecule has 0 radical (unpaired) electrons. The molecule has 2 aromatic rings. The molecule has 6 nitrogen and oxygen atoms in total. The van der Waals surface area contributed by atoms with Crippen LogP contribution in [0.5, 0.6) is 0 Å². The number of carbonyl (C=O) groups excluding carboxylic acids is 1. The van der Waals surface area contributed by atoms with E-state index in [0.29, 0.717) is 30.6 Å². The third-order valence-corrected chi connectivity index (χ3v) is 4.88. The molecule has 3 rings (SSSR count). The van der Waals surface area contributed by atoms with E-state index < -0.39 is 0 Å². The number of H-pyrrole nitrogens is 1. The van der Waals surface area contributed by atoms with E-state index in [1.807, 2.05) is 12.3 Å². The molecule has 25 heavy (non-hydrogen) atoms. The maximum Gasteiger partial charge on any atom is 0.341 e. The lowest BCUT2D eigenvalue weighted by Gasteiger charge is -2.30. The lowest BCUT2D eigenvalue weighted by molar-refractivity contribution is 0.0527. The van der Waals surface area contributed by atoms with Gasteiger partial charge in [0.2, 0.25) is 0 Å². The normalized spacial score (nSPS) is 20.2. The Hall–Kier alpha value is -2.55. The van der Waals surface area contributed by atoms with Crippen LogP contribution in [0.1, 0.15) is 55.8 Å². The van der Waals surface area contributed by atoms with Crippen LogP contribution in [0, 0.1) is 17.2 Å². The van der Waals surface area contributed by atoms with E-state index in [0.717, 1.165) is 42.4 Å². The minimum absolute atomic E-state index is 0.297. The maximum atomic E-state index is 12.3. The van der Waals surface area contributed by atoms with Gasteiger partial charge in [-0.2, -0.15) is 5.26 Å². The van der Waals surface area contributed by atoms with Gasteiger partial charge in [0.1, 0.15) is 11.2 Å². The standard InChI is InChI=1S/C19H24N4O2/c1-2-25-19(24)16-12-22-18-15(8-10-21-18)17(16)23-14-7-3-5-13(11-14)6-4-9-20/h8,10,12-14H,2-7,11H2,1H3,(H2,21,22,23)/t13-,14+/m1/s1. The van der Waals surface area contributed by atoms with Crippen LogP contribution >= 0.6 is 0 Å². The zero-order chi connectivity index (χ0) is 17.6. The van der Waals surface area contributed by atoms with E-state index in [1.54, 1.807) is 13.1 Å². The van der Waals surface area contributed by atoms with Crippen molar-refractivity contribution in [3.8, 4) is 6.07 Å². The fraction of sp³-hybridized carbons (Fsp3) is 0.526. The number of fused-ring (bicyclic) bond motifs is 1. The minimum Gasteiger partial charge on any atom is -0.462 e. The molecule has 1 fully saturated rings. The number of nitrogens with one attached hydrogen (secondary N) is 2. The van der Waals surface area contributed by atoms with Crippen molar-refractivity contribution in [1.82, 2.24) is 9.97 Å². The Labute approximate surface area is 147 Å². The maximum absolute atomic E-state index is 12.3. The molecule has 0 saturated heterocycles. The number of hydrogen-bond donors (Lipinski definition) is 2. The van der Waals surface area contributed by atoms with Gasteiger partial charge in [-0.3, -0.25) is 0 Å². The average molecular weight is 340 g/mol. The number of nitriles is 1. The summed E-state index contributed by atoms with van der Waals surface area (Å²) in [6.45, 7) is 2.14. The predicted molar refractivity (Wildman–Crippen MR) is 96.3 cm³/mol. The summed E-state index contributed by atoms with van der Waals surface area (Å²) in [6, 6.07) is 4.48. The molecule has 2 N–H and O–H groups in total. The monoisotopic (exact) mass is 340 g/mol. The number of esters is 1. The van der Waals surface area contributed by atoms with Crippen LogP contribution in [0.3, 0.4) is 0 Å². The van der Waals surface area contributed by atoms with Crippen LogP contribution in [0.15, 0.2) is 18.5 Å². The molecule has 2 atom stereocenters. The van der Waals surface area contributed by atoms with Crippen molar-refractivity contribution in [2.45, 2.75) is 51.5 Å². The van der Waals surface area contributed by atoms with Gasteiger partial charge in [-0.1, -0.05) is 12.8 Å². The smallest absolute Gasteiger partial charge is 0.341 e. The van der Waals surface area contributed by atoms with Gasteiger partial charge in [0.15, 0.2) is 0 Å². The quantitative estimate of drug-likeness (QED) is 0.775. The molecule has 1 aliphatic rings. The molecular weight excluding hydrogens is 316 g/mol. The van der Waals surface area contributed by atoms with E-state index in [2.05, 4.69) is 21.4 Å². The van der Waals surface area contributed by atoms with Gasteiger partial charge >= 0.3 is 5.97 Å². The first-order chi connectivity index (χ1) is 12.2. The molecule has 1 saturated carbocycles. The molecule has 0 unspecified atom stereocenters. The SMILES string of the molecule is CCOC(=O)c1cnc2[nH]ccc2c1N[C@H]1CCC[C@H](CCC#N)C1. The van der Waals surface area contributed by atoms with Crippen molar-refractivity contribution >= 4 is 22.7 Å². The lowest BCUT2D eigenvalue weighted by Crippen LogP contribution is -2.28. The number of hydrogen-bond acceptors (Lipinski definition) is 5. The van der Waals surface area contributed by atoms with Crippen LogP contribution in [0.2, 0.25) is 0 Å². The summed E-state index contributed by atoms with van der Waals surface area (Å²) >= 11 is 0. The molecule has 2 aromatic heterocycles. The first-order valence-corrected chi connectivity index (χ1v) is 8.99. The summed E-state index contributed by atoms with van der Waals surface area (Å²) in [5.74, 6) is 0.220.